The van der Waals surface area contributed by atoms with E-state index in [9.17, 15) is 14.9 Å². The average molecular weight is 296 g/mol. The summed E-state index contributed by atoms with van der Waals surface area (Å²) >= 11 is 0. The molecule has 8 heteroatoms. The molecule has 0 atom stereocenters. The van der Waals surface area contributed by atoms with E-state index in [1.165, 1.54) is 6.07 Å². The third-order valence-corrected chi connectivity index (χ3v) is 3.03. The summed E-state index contributed by atoms with van der Waals surface area (Å²) in [7, 11) is 0. The summed E-state index contributed by atoms with van der Waals surface area (Å²) in [5.74, 6) is -1.01. The van der Waals surface area contributed by atoms with Crippen molar-refractivity contribution in [3.8, 4) is 0 Å². The molecule has 0 unspecified atom stereocenters. The molecule has 21 heavy (non-hydrogen) atoms. The number of carboxylic acids is 1. The van der Waals surface area contributed by atoms with Crippen molar-refractivity contribution in [2.45, 2.75) is 20.3 Å². The molecule has 0 spiro atoms. The van der Waals surface area contributed by atoms with Crippen LogP contribution in [0.15, 0.2) is 12.3 Å². The van der Waals surface area contributed by atoms with E-state index in [0.717, 1.165) is 32.3 Å². The van der Waals surface area contributed by atoms with Gasteiger partial charge in [0.25, 0.3) is 0 Å². The lowest BCUT2D eigenvalue weighted by Gasteiger charge is -2.19. The number of carboxylic acid groups (broad SMARTS) is 1. The fourth-order valence-corrected chi connectivity index (χ4v) is 1.95. The van der Waals surface area contributed by atoms with Gasteiger partial charge < -0.3 is 15.3 Å². The highest BCUT2D eigenvalue weighted by Gasteiger charge is 2.20. The maximum atomic E-state index is 11.0. The molecule has 0 aromatic carbocycles. The monoisotopic (exact) mass is 296 g/mol. The molecule has 0 aliphatic carbocycles. The molecule has 0 aliphatic rings. The number of anilines is 1. The summed E-state index contributed by atoms with van der Waals surface area (Å²) in [4.78, 5) is 27.1. The van der Waals surface area contributed by atoms with Crippen LogP contribution in [-0.4, -0.2) is 52.1 Å². The lowest BCUT2D eigenvalue weighted by Crippen LogP contribution is -2.29. The number of carbonyl (C=O) groups is 1. The van der Waals surface area contributed by atoms with Gasteiger partial charge in [0.2, 0.25) is 0 Å². The van der Waals surface area contributed by atoms with Crippen molar-refractivity contribution in [2.75, 3.05) is 31.5 Å². The normalized spacial score (nSPS) is 10.6. The maximum absolute atomic E-state index is 11.0. The Labute approximate surface area is 122 Å². The van der Waals surface area contributed by atoms with Crippen LogP contribution in [0.25, 0.3) is 0 Å². The van der Waals surface area contributed by atoms with Crippen molar-refractivity contribution in [2.24, 2.45) is 0 Å². The first-order valence-electron chi connectivity index (χ1n) is 6.83. The molecule has 0 bridgehead atoms. The molecule has 0 aliphatic heterocycles. The smallest absolute Gasteiger partial charge is 0.342 e. The highest BCUT2D eigenvalue weighted by atomic mass is 16.6. The second kappa shape index (κ2) is 8.15. The van der Waals surface area contributed by atoms with Crippen LogP contribution in [0.5, 0.6) is 0 Å². The number of hydrogen-bond donors (Lipinski definition) is 2. The predicted molar refractivity (Wildman–Crippen MR) is 78.7 cm³/mol. The zero-order valence-corrected chi connectivity index (χ0v) is 12.2. The van der Waals surface area contributed by atoms with E-state index in [4.69, 9.17) is 5.11 Å². The fourth-order valence-electron chi connectivity index (χ4n) is 1.95. The average Bonchev–Trinajstić information content (AvgIpc) is 2.45. The van der Waals surface area contributed by atoms with Gasteiger partial charge in [-0.05, 0) is 19.5 Å². The number of likely N-dealkylation sites (N-methyl/N-ethyl adjacent to an activating group) is 1. The Morgan fingerprint density at radius 2 is 2.19 bits per heavy atom. The lowest BCUT2D eigenvalue weighted by atomic mass is 10.2. The molecule has 2 N–H and O–H groups in total. The molecule has 1 aromatic rings. The Morgan fingerprint density at radius 3 is 2.71 bits per heavy atom. The summed E-state index contributed by atoms with van der Waals surface area (Å²) < 4.78 is 0. The van der Waals surface area contributed by atoms with Crippen LogP contribution in [-0.2, 0) is 0 Å². The highest BCUT2D eigenvalue weighted by molar-refractivity contribution is 5.93. The van der Waals surface area contributed by atoms with Gasteiger partial charge in [0, 0.05) is 19.2 Å². The largest absolute Gasteiger partial charge is 0.477 e. The third kappa shape index (κ3) is 4.99. The Kier molecular flexibility index (Phi) is 6.54. The number of pyridine rings is 1. The van der Waals surface area contributed by atoms with Crippen molar-refractivity contribution in [1.82, 2.24) is 9.88 Å². The maximum Gasteiger partial charge on any atom is 0.342 e. The first-order valence-corrected chi connectivity index (χ1v) is 6.83. The number of aromatic nitrogens is 1. The van der Waals surface area contributed by atoms with Crippen LogP contribution in [0, 0.1) is 10.1 Å². The summed E-state index contributed by atoms with van der Waals surface area (Å²) in [5, 5.41) is 22.7. The lowest BCUT2D eigenvalue weighted by molar-refractivity contribution is -0.385. The van der Waals surface area contributed by atoms with Gasteiger partial charge in [-0.15, -0.1) is 0 Å². The minimum atomic E-state index is -1.34. The Bertz CT molecular complexity index is 507. The van der Waals surface area contributed by atoms with Crippen LogP contribution < -0.4 is 5.32 Å². The van der Waals surface area contributed by atoms with Crippen molar-refractivity contribution < 1.29 is 14.8 Å². The van der Waals surface area contributed by atoms with Gasteiger partial charge >= 0.3 is 11.7 Å². The second-order valence-corrected chi connectivity index (χ2v) is 4.51. The zero-order valence-electron chi connectivity index (χ0n) is 12.2. The van der Waals surface area contributed by atoms with Crippen LogP contribution in [0.4, 0.5) is 11.5 Å². The number of aromatic carboxylic acids is 1. The van der Waals surface area contributed by atoms with Crippen LogP contribution >= 0.6 is 0 Å². The van der Waals surface area contributed by atoms with Crippen LogP contribution in [0.1, 0.15) is 30.6 Å². The van der Waals surface area contributed by atoms with E-state index in [1.54, 1.807) is 0 Å². The SMILES string of the molecule is CCCN(CC)CCNc1cc(C(=O)O)c([N+](=O)[O-])cn1. The van der Waals surface area contributed by atoms with Gasteiger partial charge in [0.1, 0.15) is 17.6 Å². The van der Waals surface area contributed by atoms with Crippen LogP contribution in [0.3, 0.4) is 0 Å². The Hall–Kier alpha value is -2.22. The van der Waals surface area contributed by atoms with E-state index in [0.29, 0.717) is 12.4 Å². The topological polar surface area (TPSA) is 109 Å². The summed E-state index contributed by atoms with van der Waals surface area (Å²) in [6, 6.07) is 1.19. The van der Waals surface area contributed by atoms with E-state index in [-0.39, 0.29) is 5.56 Å². The number of hydrogen-bond acceptors (Lipinski definition) is 6. The third-order valence-electron chi connectivity index (χ3n) is 3.03. The molecular formula is C13H20N4O4. The predicted octanol–water partition coefficient (Wildman–Crippen LogP) is 1.83. The summed E-state index contributed by atoms with van der Waals surface area (Å²) in [6.07, 6.45) is 2.03. The van der Waals surface area contributed by atoms with E-state index >= 15 is 0 Å². The summed E-state index contributed by atoms with van der Waals surface area (Å²) in [6.45, 7) is 7.49. The van der Waals surface area contributed by atoms with Crippen molar-refractivity contribution in [3.05, 3.63) is 27.9 Å². The van der Waals surface area contributed by atoms with Gasteiger partial charge in [-0.1, -0.05) is 13.8 Å². The van der Waals surface area contributed by atoms with Gasteiger partial charge in [-0.2, -0.15) is 0 Å². The quantitative estimate of drug-likeness (QED) is 0.528. The molecule has 1 heterocycles. The standard InChI is InChI=1S/C13H20N4O4/c1-3-6-16(4-2)7-5-14-12-8-10(13(18)19)11(9-15-12)17(20)21/h8-9H,3-7H2,1-2H3,(H,14,15)(H,18,19). The van der Waals surface area contributed by atoms with Gasteiger partial charge in [0.15, 0.2) is 0 Å². The Balaban J connectivity index is 2.70. The molecular weight excluding hydrogens is 276 g/mol. The summed E-state index contributed by atoms with van der Waals surface area (Å²) in [5.41, 5.74) is -0.868. The van der Waals surface area contributed by atoms with E-state index < -0.39 is 16.6 Å². The minimum Gasteiger partial charge on any atom is -0.477 e. The fraction of sp³-hybridized carbons (Fsp3) is 0.538. The van der Waals surface area contributed by atoms with Gasteiger partial charge in [-0.25, -0.2) is 9.78 Å². The molecule has 116 valence electrons. The van der Waals surface area contributed by atoms with Crippen molar-refractivity contribution in [1.29, 1.82) is 0 Å². The van der Waals surface area contributed by atoms with Crippen molar-refractivity contribution >= 4 is 17.5 Å². The second-order valence-electron chi connectivity index (χ2n) is 4.51. The number of nitro groups is 1. The Morgan fingerprint density at radius 1 is 1.48 bits per heavy atom. The molecule has 0 amide bonds. The minimum absolute atomic E-state index is 0.325. The number of nitrogens with one attached hydrogen (secondary N) is 1. The highest BCUT2D eigenvalue weighted by Crippen LogP contribution is 2.20. The zero-order chi connectivity index (χ0) is 15.8. The van der Waals surface area contributed by atoms with Crippen molar-refractivity contribution in [3.63, 3.8) is 0 Å². The molecule has 0 radical (unpaired) electrons. The van der Waals surface area contributed by atoms with Crippen LogP contribution in [0.2, 0.25) is 0 Å². The number of nitrogens with zero attached hydrogens (tertiary/aromatic N) is 3. The van der Waals surface area contributed by atoms with E-state index in [2.05, 4.69) is 29.0 Å². The molecule has 1 rings (SSSR count). The van der Waals surface area contributed by atoms with E-state index in [1.807, 2.05) is 0 Å². The number of rotatable bonds is 9. The molecule has 0 fully saturated rings. The molecule has 1 aromatic heterocycles. The molecule has 8 nitrogen and oxygen atoms in total. The van der Waals surface area contributed by atoms with Gasteiger partial charge in [-0.3, -0.25) is 10.1 Å². The molecule has 0 saturated heterocycles. The first-order chi connectivity index (χ1) is 9.99. The first kappa shape index (κ1) is 16.8. The molecule has 0 saturated carbocycles. The van der Waals surface area contributed by atoms with Gasteiger partial charge in [0.05, 0.1) is 4.92 Å².